The van der Waals surface area contributed by atoms with Crippen molar-refractivity contribution in [1.29, 1.82) is 0 Å². The number of rotatable bonds is 10. The van der Waals surface area contributed by atoms with E-state index in [1.807, 2.05) is 6.92 Å². The first-order valence-electron chi connectivity index (χ1n) is 6.94. The molecule has 0 aliphatic carbocycles. The molecule has 0 aliphatic rings. The summed E-state index contributed by atoms with van der Waals surface area (Å²) in [6.45, 7) is 2.54. The number of carboxylic acids is 2. The van der Waals surface area contributed by atoms with Crippen LogP contribution >= 0.6 is 0 Å². The Morgan fingerprint density at radius 2 is 1.82 bits per heavy atom. The molecular weight excluding hydrogens is 290 g/mol. The van der Waals surface area contributed by atoms with Crippen molar-refractivity contribution < 1.29 is 34.7 Å². The van der Waals surface area contributed by atoms with Crippen molar-refractivity contribution in [2.75, 3.05) is 13.2 Å². The van der Waals surface area contributed by atoms with Crippen molar-refractivity contribution in [3.63, 3.8) is 0 Å². The van der Waals surface area contributed by atoms with Crippen molar-refractivity contribution >= 4 is 17.7 Å². The SMILES string of the molecule is CCOc1ccc(C(=O)CC[NH2+][C@H](CC(=O)[O-])C(=O)[O-])cc1. The van der Waals surface area contributed by atoms with E-state index >= 15 is 0 Å². The normalized spacial score (nSPS) is 11.7. The van der Waals surface area contributed by atoms with Crippen molar-refractivity contribution in [3.8, 4) is 5.75 Å². The fourth-order valence-corrected chi connectivity index (χ4v) is 1.91. The number of nitrogens with two attached hydrogens (primary N) is 1. The minimum absolute atomic E-state index is 0.0881. The molecule has 0 aromatic heterocycles. The summed E-state index contributed by atoms with van der Waals surface area (Å²) in [6, 6.07) is 5.37. The number of quaternary nitrogens is 1. The monoisotopic (exact) mass is 308 g/mol. The highest BCUT2D eigenvalue weighted by molar-refractivity contribution is 5.96. The fourth-order valence-electron chi connectivity index (χ4n) is 1.91. The van der Waals surface area contributed by atoms with E-state index in [1.54, 1.807) is 24.3 Å². The van der Waals surface area contributed by atoms with Crippen LogP contribution in [0.3, 0.4) is 0 Å². The van der Waals surface area contributed by atoms with Gasteiger partial charge in [-0.3, -0.25) is 4.79 Å². The predicted molar refractivity (Wildman–Crippen MR) is 71.8 cm³/mol. The number of hydrogen-bond acceptors (Lipinski definition) is 6. The van der Waals surface area contributed by atoms with Gasteiger partial charge in [0.2, 0.25) is 0 Å². The summed E-state index contributed by atoms with van der Waals surface area (Å²) in [5, 5.41) is 22.4. The number of Topliss-reactive ketones (excluding diaryl/α,β-unsaturated/α-hetero) is 1. The van der Waals surface area contributed by atoms with E-state index in [0.29, 0.717) is 17.9 Å². The molecule has 7 nitrogen and oxygen atoms in total. The van der Waals surface area contributed by atoms with E-state index < -0.39 is 24.4 Å². The standard InChI is InChI=1S/C15H19NO6/c1-2-22-11-5-3-10(4-6-11)13(17)7-8-16-12(15(20)21)9-14(18)19/h3-6,12,16H,2,7-9H2,1H3,(H,18,19)(H,20,21)/p-1/t12-/m1/s1. The lowest BCUT2D eigenvalue weighted by Crippen LogP contribution is -2.93. The van der Waals surface area contributed by atoms with Gasteiger partial charge in [0.25, 0.3) is 0 Å². The molecule has 7 heteroatoms. The van der Waals surface area contributed by atoms with Gasteiger partial charge >= 0.3 is 0 Å². The van der Waals surface area contributed by atoms with Crippen LogP contribution in [0.1, 0.15) is 30.1 Å². The molecule has 1 aromatic rings. The van der Waals surface area contributed by atoms with Crippen LogP contribution in [0, 0.1) is 0 Å². The summed E-state index contributed by atoms with van der Waals surface area (Å²) in [5.41, 5.74) is 0.488. The topological polar surface area (TPSA) is 123 Å². The average Bonchev–Trinajstić information content (AvgIpc) is 2.46. The third-order valence-corrected chi connectivity index (χ3v) is 3.00. The molecule has 0 bridgehead atoms. The number of ketones is 1. The van der Waals surface area contributed by atoms with Gasteiger partial charge in [-0.25, -0.2) is 0 Å². The van der Waals surface area contributed by atoms with Gasteiger partial charge in [0.15, 0.2) is 5.78 Å². The second kappa shape index (κ2) is 8.78. The van der Waals surface area contributed by atoms with E-state index in [1.165, 1.54) is 5.32 Å². The molecule has 0 unspecified atom stereocenters. The molecule has 0 fully saturated rings. The van der Waals surface area contributed by atoms with Crippen LogP contribution in [0.4, 0.5) is 0 Å². The largest absolute Gasteiger partial charge is 0.550 e. The van der Waals surface area contributed by atoms with E-state index in [2.05, 4.69) is 0 Å². The second-order valence-corrected chi connectivity index (χ2v) is 4.66. The molecule has 120 valence electrons. The van der Waals surface area contributed by atoms with E-state index in [4.69, 9.17) is 4.74 Å². The highest BCUT2D eigenvalue weighted by atomic mass is 16.5. The molecule has 0 aliphatic heterocycles. The Bertz CT molecular complexity index is 525. The quantitative estimate of drug-likeness (QED) is 0.476. The van der Waals surface area contributed by atoms with Crippen LogP contribution in [0.5, 0.6) is 5.75 Å². The van der Waals surface area contributed by atoms with Gasteiger partial charge in [-0.15, -0.1) is 0 Å². The number of carbonyl (C=O) groups is 3. The molecule has 0 saturated carbocycles. The Hall–Kier alpha value is -2.41. The third kappa shape index (κ3) is 5.92. The molecule has 22 heavy (non-hydrogen) atoms. The summed E-state index contributed by atoms with van der Waals surface area (Å²) in [5.74, 6) is -2.46. The van der Waals surface area contributed by atoms with Gasteiger partial charge in [0.1, 0.15) is 11.8 Å². The Morgan fingerprint density at radius 1 is 1.18 bits per heavy atom. The first-order chi connectivity index (χ1) is 10.4. The van der Waals surface area contributed by atoms with Gasteiger partial charge in [-0.1, -0.05) is 0 Å². The van der Waals surface area contributed by atoms with Crippen LogP contribution < -0.4 is 20.3 Å². The Balaban J connectivity index is 2.47. The van der Waals surface area contributed by atoms with Crippen LogP contribution in [-0.4, -0.2) is 36.9 Å². The maximum Gasteiger partial charge on any atom is 0.168 e. The summed E-state index contributed by atoms with van der Waals surface area (Å²) in [7, 11) is 0. The molecule has 1 rings (SSSR count). The number of hydrogen-bond donors (Lipinski definition) is 1. The van der Waals surface area contributed by atoms with Crippen LogP contribution in [0.15, 0.2) is 24.3 Å². The molecule has 0 saturated heterocycles. The molecule has 0 radical (unpaired) electrons. The zero-order chi connectivity index (χ0) is 16.5. The van der Waals surface area contributed by atoms with Crippen LogP contribution in [0.2, 0.25) is 0 Å². The van der Waals surface area contributed by atoms with Crippen molar-refractivity contribution in [2.24, 2.45) is 0 Å². The molecule has 2 N–H and O–H groups in total. The predicted octanol–water partition coefficient (Wildman–Crippen LogP) is -2.52. The van der Waals surface area contributed by atoms with Gasteiger partial charge in [-0.05, 0) is 31.2 Å². The van der Waals surface area contributed by atoms with Gasteiger partial charge in [0.05, 0.1) is 25.5 Å². The van der Waals surface area contributed by atoms with Gasteiger partial charge in [0, 0.05) is 18.0 Å². The van der Waals surface area contributed by atoms with E-state index in [9.17, 15) is 24.6 Å². The van der Waals surface area contributed by atoms with Crippen LogP contribution in [0.25, 0.3) is 0 Å². The third-order valence-electron chi connectivity index (χ3n) is 3.00. The zero-order valence-corrected chi connectivity index (χ0v) is 12.2. The highest BCUT2D eigenvalue weighted by Gasteiger charge is 2.15. The number of carboxylic acid groups (broad SMARTS) is 2. The number of carbonyl (C=O) groups excluding carboxylic acids is 3. The minimum Gasteiger partial charge on any atom is -0.550 e. The van der Waals surface area contributed by atoms with Gasteiger partial charge in [-0.2, -0.15) is 0 Å². The average molecular weight is 308 g/mol. The lowest BCUT2D eigenvalue weighted by atomic mass is 10.1. The smallest absolute Gasteiger partial charge is 0.168 e. The summed E-state index contributed by atoms with van der Waals surface area (Å²) < 4.78 is 5.27. The number of aliphatic carboxylic acids is 2. The van der Waals surface area contributed by atoms with Crippen molar-refractivity contribution in [3.05, 3.63) is 29.8 Å². The minimum atomic E-state index is -1.49. The highest BCUT2D eigenvalue weighted by Crippen LogP contribution is 2.13. The van der Waals surface area contributed by atoms with Crippen molar-refractivity contribution in [2.45, 2.75) is 25.8 Å². The molecule has 0 amide bonds. The molecular formula is C15H18NO6-. The zero-order valence-electron chi connectivity index (χ0n) is 12.2. The maximum absolute atomic E-state index is 11.9. The lowest BCUT2D eigenvalue weighted by Gasteiger charge is -2.16. The van der Waals surface area contributed by atoms with Gasteiger partial charge < -0.3 is 29.9 Å². The molecule has 1 atom stereocenters. The van der Waals surface area contributed by atoms with Crippen molar-refractivity contribution in [1.82, 2.24) is 0 Å². The first-order valence-corrected chi connectivity index (χ1v) is 6.94. The Morgan fingerprint density at radius 3 is 2.32 bits per heavy atom. The fraction of sp³-hybridized carbons (Fsp3) is 0.400. The summed E-state index contributed by atoms with van der Waals surface area (Å²) in [4.78, 5) is 33.1. The number of benzene rings is 1. The summed E-state index contributed by atoms with van der Waals surface area (Å²) in [6.07, 6.45) is -0.565. The second-order valence-electron chi connectivity index (χ2n) is 4.66. The molecule has 0 spiro atoms. The summed E-state index contributed by atoms with van der Waals surface area (Å²) >= 11 is 0. The first kappa shape index (κ1) is 17.6. The number of ether oxygens (including phenoxy) is 1. The lowest BCUT2D eigenvalue weighted by molar-refractivity contribution is -0.682. The maximum atomic E-state index is 11.9. The van der Waals surface area contributed by atoms with E-state index in [0.717, 1.165) is 0 Å². The van der Waals surface area contributed by atoms with Crippen LogP contribution in [-0.2, 0) is 9.59 Å². The molecule has 1 aromatic carbocycles. The Kier molecular flexibility index (Phi) is 7.04. The Labute approximate surface area is 127 Å². The molecule has 0 heterocycles. The van der Waals surface area contributed by atoms with E-state index in [-0.39, 0.29) is 18.7 Å².